The smallest absolute Gasteiger partial charge is 0.407 e. The molecular formula is C11H12BrN3O2. The largest absolute Gasteiger partial charge is 0.417 e. The molecule has 1 saturated heterocycles. The summed E-state index contributed by atoms with van der Waals surface area (Å²) in [4.78, 5) is 16.1. The number of benzene rings is 1. The third-order valence-electron chi connectivity index (χ3n) is 2.94. The summed E-state index contributed by atoms with van der Waals surface area (Å²) in [5.41, 5.74) is 2.41. The van der Waals surface area contributed by atoms with Crippen LogP contribution in [-0.4, -0.2) is 31.2 Å². The van der Waals surface area contributed by atoms with Crippen molar-refractivity contribution in [3.8, 4) is 0 Å². The second-order valence-electron chi connectivity index (χ2n) is 4.06. The highest BCUT2D eigenvalue weighted by atomic mass is 79.9. The monoisotopic (exact) mass is 297 g/mol. The summed E-state index contributed by atoms with van der Waals surface area (Å²) in [5.74, 6) is -0.418. The zero-order valence-electron chi connectivity index (χ0n) is 9.12. The Bertz CT molecular complexity index is 598. The van der Waals surface area contributed by atoms with Gasteiger partial charge in [0, 0.05) is 31.9 Å². The van der Waals surface area contributed by atoms with Crippen molar-refractivity contribution in [2.75, 3.05) is 31.1 Å². The molecule has 1 fully saturated rings. The molecule has 3 rings (SSSR count). The van der Waals surface area contributed by atoms with Crippen LogP contribution in [0.25, 0.3) is 11.1 Å². The molecule has 2 N–H and O–H groups in total. The molecule has 0 unspecified atom stereocenters. The molecule has 6 heteroatoms. The van der Waals surface area contributed by atoms with Gasteiger partial charge in [0.05, 0.1) is 9.99 Å². The van der Waals surface area contributed by atoms with E-state index in [9.17, 15) is 4.79 Å². The van der Waals surface area contributed by atoms with Gasteiger partial charge >= 0.3 is 5.76 Å². The van der Waals surface area contributed by atoms with E-state index in [-0.39, 0.29) is 0 Å². The van der Waals surface area contributed by atoms with Crippen LogP contribution in [0, 0.1) is 0 Å². The van der Waals surface area contributed by atoms with E-state index in [1.54, 1.807) is 0 Å². The molecular weight excluding hydrogens is 286 g/mol. The van der Waals surface area contributed by atoms with Gasteiger partial charge in [-0.25, -0.2) is 4.79 Å². The first-order valence-corrected chi connectivity index (χ1v) is 6.31. The molecule has 0 saturated carbocycles. The molecule has 90 valence electrons. The number of halogens is 1. The van der Waals surface area contributed by atoms with E-state index in [1.807, 2.05) is 12.1 Å². The van der Waals surface area contributed by atoms with Gasteiger partial charge in [-0.05, 0) is 28.1 Å². The molecule has 2 heterocycles. The first-order chi connectivity index (χ1) is 8.24. The Labute approximate surface area is 106 Å². The predicted octanol–water partition coefficient (Wildman–Crippen LogP) is 1.29. The molecule has 1 aromatic heterocycles. The SMILES string of the molecule is O=c1[nH]c2cc(N3CCNCC3)cc(Br)c2o1. The number of anilines is 1. The average molecular weight is 298 g/mol. The fourth-order valence-electron chi connectivity index (χ4n) is 2.11. The van der Waals surface area contributed by atoms with Crippen molar-refractivity contribution in [2.24, 2.45) is 0 Å². The van der Waals surface area contributed by atoms with Crippen LogP contribution in [0.3, 0.4) is 0 Å². The van der Waals surface area contributed by atoms with E-state index in [1.165, 1.54) is 0 Å². The van der Waals surface area contributed by atoms with E-state index in [4.69, 9.17) is 4.42 Å². The number of oxazole rings is 1. The molecule has 0 spiro atoms. The average Bonchev–Trinajstić information content (AvgIpc) is 2.71. The van der Waals surface area contributed by atoms with Gasteiger partial charge in [-0.3, -0.25) is 4.98 Å². The van der Waals surface area contributed by atoms with Crippen molar-refractivity contribution < 1.29 is 4.42 Å². The lowest BCUT2D eigenvalue weighted by molar-refractivity contribution is 0.554. The number of aromatic amines is 1. The van der Waals surface area contributed by atoms with E-state index < -0.39 is 5.76 Å². The summed E-state index contributed by atoms with van der Waals surface area (Å²) in [6.07, 6.45) is 0. The third-order valence-corrected chi connectivity index (χ3v) is 3.53. The Balaban J connectivity index is 2.07. The summed E-state index contributed by atoms with van der Waals surface area (Å²) in [7, 11) is 0. The first-order valence-electron chi connectivity index (χ1n) is 5.52. The molecule has 0 bridgehead atoms. The molecule has 5 nitrogen and oxygen atoms in total. The summed E-state index contributed by atoms with van der Waals surface area (Å²) >= 11 is 3.43. The lowest BCUT2D eigenvalue weighted by Gasteiger charge is -2.29. The highest BCUT2D eigenvalue weighted by molar-refractivity contribution is 9.10. The van der Waals surface area contributed by atoms with Gasteiger partial charge in [0.1, 0.15) is 0 Å². The zero-order valence-corrected chi connectivity index (χ0v) is 10.7. The Morgan fingerprint density at radius 1 is 1.29 bits per heavy atom. The maximum Gasteiger partial charge on any atom is 0.417 e. The molecule has 0 amide bonds. The molecule has 17 heavy (non-hydrogen) atoms. The summed E-state index contributed by atoms with van der Waals surface area (Å²) in [5, 5.41) is 3.31. The van der Waals surface area contributed by atoms with Crippen LogP contribution in [0.15, 0.2) is 25.8 Å². The van der Waals surface area contributed by atoms with Crippen molar-refractivity contribution in [1.29, 1.82) is 0 Å². The second kappa shape index (κ2) is 4.19. The van der Waals surface area contributed by atoms with Crippen molar-refractivity contribution in [1.82, 2.24) is 10.3 Å². The van der Waals surface area contributed by atoms with Crippen LogP contribution in [-0.2, 0) is 0 Å². The molecule has 0 atom stereocenters. The molecule has 2 aromatic rings. The second-order valence-corrected chi connectivity index (χ2v) is 4.91. The standard InChI is InChI=1S/C11H12BrN3O2/c12-8-5-7(15-3-1-13-2-4-15)6-9-10(8)17-11(16)14-9/h5-6,13H,1-4H2,(H,14,16). The quantitative estimate of drug-likeness (QED) is 0.833. The van der Waals surface area contributed by atoms with Gasteiger partial charge in [0.2, 0.25) is 0 Å². The van der Waals surface area contributed by atoms with Crippen molar-refractivity contribution >= 4 is 32.7 Å². The Kier molecular flexibility index (Phi) is 2.68. The van der Waals surface area contributed by atoms with E-state index in [0.29, 0.717) is 5.58 Å². The van der Waals surface area contributed by atoms with Crippen molar-refractivity contribution in [3.05, 3.63) is 27.2 Å². The first kappa shape index (κ1) is 10.9. The lowest BCUT2D eigenvalue weighted by atomic mass is 10.2. The highest BCUT2D eigenvalue weighted by Crippen LogP contribution is 2.28. The normalized spacial score (nSPS) is 16.6. The van der Waals surface area contributed by atoms with Gasteiger partial charge in [-0.2, -0.15) is 0 Å². The minimum atomic E-state index is -0.418. The number of nitrogens with zero attached hydrogens (tertiary/aromatic N) is 1. The summed E-state index contributed by atoms with van der Waals surface area (Å²) in [6, 6.07) is 3.95. The molecule has 1 aromatic carbocycles. The molecule has 0 radical (unpaired) electrons. The van der Waals surface area contributed by atoms with Crippen LogP contribution in [0.2, 0.25) is 0 Å². The third kappa shape index (κ3) is 1.98. The van der Waals surface area contributed by atoms with Crippen LogP contribution in [0.5, 0.6) is 0 Å². The fraction of sp³-hybridized carbons (Fsp3) is 0.364. The number of hydrogen-bond donors (Lipinski definition) is 2. The fourth-order valence-corrected chi connectivity index (χ4v) is 2.64. The van der Waals surface area contributed by atoms with E-state index >= 15 is 0 Å². The zero-order chi connectivity index (χ0) is 11.8. The van der Waals surface area contributed by atoms with Gasteiger partial charge in [-0.15, -0.1) is 0 Å². The van der Waals surface area contributed by atoms with Gasteiger partial charge in [0.15, 0.2) is 5.58 Å². The van der Waals surface area contributed by atoms with Gasteiger partial charge < -0.3 is 14.6 Å². The van der Waals surface area contributed by atoms with E-state index in [0.717, 1.165) is 41.9 Å². The van der Waals surface area contributed by atoms with Crippen molar-refractivity contribution in [2.45, 2.75) is 0 Å². The van der Waals surface area contributed by atoms with Gasteiger partial charge in [0.25, 0.3) is 0 Å². The predicted molar refractivity (Wildman–Crippen MR) is 69.6 cm³/mol. The number of nitrogens with one attached hydrogen (secondary N) is 2. The maximum atomic E-state index is 11.2. The lowest BCUT2D eigenvalue weighted by Crippen LogP contribution is -2.43. The number of rotatable bonds is 1. The minimum absolute atomic E-state index is 0.418. The Morgan fingerprint density at radius 3 is 2.82 bits per heavy atom. The van der Waals surface area contributed by atoms with E-state index in [2.05, 4.69) is 31.1 Å². The van der Waals surface area contributed by atoms with Crippen LogP contribution in [0.4, 0.5) is 5.69 Å². The van der Waals surface area contributed by atoms with Crippen LogP contribution in [0.1, 0.15) is 0 Å². The topological polar surface area (TPSA) is 61.3 Å². The number of hydrogen-bond acceptors (Lipinski definition) is 4. The van der Waals surface area contributed by atoms with Crippen molar-refractivity contribution in [3.63, 3.8) is 0 Å². The maximum absolute atomic E-state index is 11.2. The van der Waals surface area contributed by atoms with Gasteiger partial charge in [-0.1, -0.05) is 0 Å². The summed E-state index contributed by atoms with van der Waals surface area (Å²) in [6.45, 7) is 3.91. The number of fused-ring (bicyclic) bond motifs is 1. The number of H-pyrrole nitrogens is 1. The molecule has 1 aliphatic heterocycles. The highest BCUT2D eigenvalue weighted by Gasteiger charge is 2.14. The Morgan fingerprint density at radius 2 is 2.06 bits per heavy atom. The van der Waals surface area contributed by atoms with Crippen LogP contribution < -0.4 is 16.0 Å². The summed E-state index contributed by atoms with van der Waals surface area (Å²) < 4.78 is 5.86. The number of piperazine rings is 1. The minimum Gasteiger partial charge on any atom is -0.407 e. The molecule has 1 aliphatic rings. The Hall–Kier alpha value is -1.27. The number of aromatic nitrogens is 1. The van der Waals surface area contributed by atoms with Crippen LogP contribution >= 0.6 is 15.9 Å². The molecule has 0 aliphatic carbocycles.